The molecule has 0 aliphatic heterocycles. The quantitative estimate of drug-likeness (QED) is 0.735. The second kappa shape index (κ2) is 5.85. The van der Waals surface area contributed by atoms with Gasteiger partial charge in [0.25, 0.3) is 5.56 Å². The first-order chi connectivity index (χ1) is 10.3. The highest BCUT2D eigenvalue weighted by atomic mass is 16.5. The van der Waals surface area contributed by atoms with Gasteiger partial charge in [-0.1, -0.05) is 30.3 Å². The van der Waals surface area contributed by atoms with Crippen molar-refractivity contribution >= 4 is 11.2 Å². The Morgan fingerprint density at radius 3 is 2.71 bits per heavy atom. The van der Waals surface area contributed by atoms with E-state index in [1.54, 1.807) is 17.9 Å². The summed E-state index contributed by atoms with van der Waals surface area (Å²) in [5.74, 6) is 0. The average Bonchev–Trinajstić information content (AvgIpc) is 2.54. The first-order valence-corrected chi connectivity index (χ1v) is 6.71. The maximum absolute atomic E-state index is 12.7. The Hall–Kier alpha value is -2.53. The Morgan fingerprint density at radius 2 is 1.95 bits per heavy atom. The molecule has 106 valence electrons. The van der Waals surface area contributed by atoms with Crippen molar-refractivity contribution in [1.29, 1.82) is 0 Å². The summed E-state index contributed by atoms with van der Waals surface area (Å²) in [6.45, 7) is 0.898. The van der Waals surface area contributed by atoms with Crippen molar-refractivity contribution in [3.05, 3.63) is 59.0 Å². The summed E-state index contributed by atoms with van der Waals surface area (Å²) in [5.41, 5.74) is 2.38. The molecule has 0 radical (unpaired) electrons. The molecule has 0 saturated carbocycles. The molecule has 0 saturated heterocycles. The number of fused-ring (bicyclic) bond motifs is 1. The van der Waals surface area contributed by atoms with E-state index < -0.39 is 0 Å². The summed E-state index contributed by atoms with van der Waals surface area (Å²) in [4.78, 5) is 21.4. The number of methoxy groups -OCH3 is 1. The number of benzene rings is 1. The van der Waals surface area contributed by atoms with E-state index in [1.807, 2.05) is 42.5 Å². The van der Waals surface area contributed by atoms with E-state index in [1.165, 1.54) is 0 Å². The monoisotopic (exact) mass is 281 g/mol. The van der Waals surface area contributed by atoms with Gasteiger partial charge in [-0.05, 0) is 12.1 Å². The zero-order chi connectivity index (χ0) is 14.7. The summed E-state index contributed by atoms with van der Waals surface area (Å²) in [5, 5.41) is 0. The number of nitrogens with zero attached hydrogens (tertiary/aromatic N) is 3. The van der Waals surface area contributed by atoms with Crippen molar-refractivity contribution in [2.24, 2.45) is 0 Å². The minimum atomic E-state index is -0.149. The molecule has 1 aromatic carbocycles. The SMILES string of the molecule is COCCn1c(=O)c(-c2ccccc2)nc2cccnc21. The van der Waals surface area contributed by atoms with Crippen LogP contribution in [0.5, 0.6) is 0 Å². The van der Waals surface area contributed by atoms with Gasteiger partial charge in [0.05, 0.1) is 13.2 Å². The number of ether oxygens (including phenoxy) is 1. The lowest BCUT2D eigenvalue weighted by atomic mass is 10.1. The Morgan fingerprint density at radius 1 is 1.14 bits per heavy atom. The zero-order valence-electron chi connectivity index (χ0n) is 11.7. The number of hydrogen-bond acceptors (Lipinski definition) is 4. The molecule has 5 heteroatoms. The summed E-state index contributed by atoms with van der Waals surface area (Å²) >= 11 is 0. The van der Waals surface area contributed by atoms with E-state index in [-0.39, 0.29) is 5.56 Å². The Kier molecular flexibility index (Phi) is 3.75. The van der Waals surface area contributed by atoms with Crippen molar-refractivity contribution in [1.82, 2.24) is 14.5 Å². The molecule has 3 aromatic rings. The van der Waals surface area contributed by atoms with E-state index in [2.05, 4.69) is 9.97 Å². The number of hydrogen-bond donors (Lipinski definition) is 0. The van der Waals surface area contributed by atoms with E-state index in [9.17, 15) is 4.79 Å². The summed E-state index contributed by atoms with van der Waals surface area (Å²) in [7, 11) is 1.61. The topological polar surface area (TPSA) is 57.0 Å². The van der Waals surface area contributed by atoms with Crippen LogP contribution in [0.2, 0.25) is 0 Å². The molecule has 0 unspecified atom stereocenters. The summed E-state index contributed by atoms with van der Waals surface area (Å²) in [6.07, 6.45) is 1.66. The molecule has 0 fully saturated rings. The molecular formula is C16H15N3O2. The Bertz CT molecular complexity index is 813. The molecule has 0 spiro atoms. The van der Waals surface area contributed by atoms with Crippen molar-refractivity contribution < 1.29 is 4.74 Å². The van der Waals surface area contributed by atoms with Crippen molar-refractivity contribution in [3.8, 4) is 11.3 Å². The third-order valence-electron chi connectivity index (χ3n) is 3.27. The minimum absolute atomic E-state index is 0.149. The van der Waals surface area contributed by atoms with Crippen LogP contribution in [0.3, 0.4) is 0 Å². The predicted molar refractivity (Wildman–Crippen MR) is 81.1 cm³/mol. The van der Waals surface area contributed by atoms with E-state index >= 15 is 0 Å². The third-order valence-corrected chi connectivity index (χ3v) is 3.27. The predicted octanol–water partition coefficient (Wildman–Crippen LogP) is 2.10. The van der Waals surface area contributed by atoms with Crippen LogP contribution in [0, 0.1) is 0 Å². The second-order valence-electron chi connectivity index (χ2n) is 4.62. The van der Waals surface area contributed by atoms with E-state index in [4.69, 9.17) is 4.74 Å². The van der Waals surface area contributed by atoms with Crippen LogP contribution >= 0.6 is 0 Å². The van der Waals surface area contributed by atoms with Gasteiger partial charge in [0.15, 0.2) is 5.65 Å². The van der Waals surface area contributed by atoms with Gasteiger partial charge in [-0.15, -0.1) is 0 Å². The fourth-order valence-corrected chi connectivity index (χ4v) is 2.25. The fraction of sp³-hybridized carbons (Fsp3) is 0.188. The second-order valence-corrected chi connectivity index (χ2v) is 4.62. The van der Waals surface area contributed by atoms with Crippen LogP contribution in [0.15, 0.2) is 53.5 Å². The minimum Gasteiger partial charge on any atom is -0.383 e. The lowest BCUT2D eigenvalue weighted by molar-refractivity contribution is 0.187. The van der Waals surface area contributed by atoms with E-state index in [0.29, 0.717) is 30.0 Å². The largest absolute Gasteiger partial charge is 0.383 e. The highest BCUT2D eigenvalue weighted by molar-refractivity contribution is 5.74. The first kappa shape index (κ1) is 13.5. The molecule has 0 aliphatic carbocycles. The van der Waals surface area contributed by atoms with Crippen LogP contribution < -0.4 is 5.56 Å². The number of rotatable bonds is 4. The molecule has 0 bridgehead atoms. The first-order valence-electron chi connectivity index (χ1n) is 6.71. The number of aromatic nitrogens is 3. The highest BCUT2D eigenvalue weighted by Crippen LogP contribution is 2.15. The van der Waals surface area contributed by atoms with Gasteiger partial charge in [0, 0.05) is 18.9 Å². The van der Waals surface area contributed by atoms with Gasteiger partial charge < -0.3 is 4.74 Å². The molecule has 0 N–H and O–H groups in total. The summed E-state index contributed by atoms with van der Waals surface area (Å²) in [6, 6.07) is 13.1. The lowest BCUT2D eigenvalue weighted by Crippen LogP contribution is -2.26. The van der Waals surface area contributed by atoms with Crippen LogP contribution in [-0.2, 0) is 11.3 Å². The molecule has 21 heavy (non-hydrogen) atoms. The maximum Gasteiger partial charge on any atom is 0.278 e. The Balaban J connectivity index is 2.27. The highest BCUT2D eigenvalue weighted by Gasteiger charge is 2.12. The van der Waals surface area contributed by atoms with Gasteiger partial charge >= 0.3 is 0 Å². The van der Waals surface area contributed by atoms with Crippen molar-refractivity contribution in [2.75, 3.05) is 13.7 Å². The van der Waals surface area contributed by atoms with Crippen LogP contribution in [0.4, 0.5) is 0 Å². The van der Waals surface area contributed by atoms with Gasteiger partial charge in [0.2, 0.25) is 0 Å². The smallest absolute Gasteiger partial charge is 0.278 e. The van der Waals surface area contributed by atoms with Crippen molar-refractivity contribution in [3.63, 3.8) is 0 Å². The van der Waals surface area contributed by atoms with Crippen molar-refractivity contribution in [2.45, 2.75) is 6.54 Å². The van der Waals surface area contributed by atoms with Gasteiger partial charge in [-0.3, -0.25) is 9.36 Å². The fourth-order valence-electron chi connectivity index (χ4n) is 2.25. The molecule has 0 amide bonds. The van der Waals surface area contributed by atoms with Gasteiger partial charge in [-0.25, -0.2) is 9.97 Å². The van der Waals surface area contributed by atoms with Gasteiger partial charge in [-0.2, -0.15) is 0 Å². The van der Waals surface area contributed by atoms with E-state index in [0.717, 1.165) is 5.56 Å². The molecule has 0 atom stereocenters. The van der Waals surface area contributed by atoms with Crippen LogP contribution in [0.1, 0.15) is 0 Å². The summed E-state index contributed by atoms with van der Waals surface area (Å²) < 4.78 is 6.71. The molecular weight excluding hydrogens is 266 g/mol. The maximum atomic E-state index is 12.7. The zero-order valence-corrected chi connectivity index (χ0v) is 11.7. The molecule has 0 aliphatic rings. The van der Waals surface area contributed by atoms with Gasteiger partial charge in [0.1, 0.15) is 11.2 Å². The number of pyridine rings is 1. The average molecular weight is 281 g/mol. The van der Waals surface area contributed by atoms with Crippen LogP contribution in [0.25, 0.3) is 22.4 Å². The third kappa shape index (κ3) is 2.55. The molecule has 2 heterocycles. The normalized spacial score (nSPS) is 10.9. The standard InChI is InChI=1S/C16H15N3O2/c1-21-11-10-19-15-13(8-5-9-17-15)18-14(16(19)20)12-6-3-2-4-7-12/h2-9H,10-11H2,1H3. The Labute approximate surface area is 121 Å². The molecule has 3 rings (SSSR count). The molecule has 5 nitrogen and oxygen atoms in total. The molecule has 2 aromatic heterocycles. The van der Waals surface area contributed by atoms with Crippen LogP contribution in [-0.4, -0.2) is 28.3 Å². The lowest BCUT2D eigenvalue weighted by Gasteiger charge is -2.11.